The number of carbonyl (C=O) groups is 1. The number of carbonyl (C=O) groups excluding carboxylic acids is 1. The van der Waals surface area contributed by atoms with E-state index >= 15 is 0 Å². The summed E-state index contributed by atoms with van der Waals surface area (Å²) in [6.07, 6.45) is 1.57. The lowest BCUT2D eigenvalue weighted by atomic mass is 10.2. The van der Waals surface area contributed by atoms with Crippen LogP contribution in [0.5, 0.6) is 0 Å². The first kappa shape index (κ1) is 10.1. The molecule has 2 rings (SSSR count). The normalized spacial score (nSPS) is 10.5. The van der Waals surface area contributed by atoms with Crippen molar-refractivity contribution >= 4 is 27.5 Å². The highest BCUT2D eigenvalue weighted by atomic mass is 32.1. The van der Waals surface area contributed by atoms with Crippen LogP contribution in [0, 0.1) is 6.92 Å². The van der Waals surface area contributed by atoms with E-state index in [2.05, 4.69) is 4.98 Å². The van der Waals surface area contributed by atoms with Gasteiger partial charge in [0.15, 0.2) is 0 Å². The Balaban J connectivity index is 2.45. The zero-order valence-electron chi connectivity index (χ0n) is 8.61. The topological polar surface area (TPSA) is 39.2 Å². The molecule has 2 heterocycles. The van der Waals surface area contributed by atoms with Crippen LogP contribution >= 0.6 is 11.3 Å². The Labute approximate surface area is 91.7 Å². The Bertz CT molecular complexity index is 504. The molecule has 0 aliphatic rings. The zero-order valence-corrected chi connectivity index (χ0v) is 9.43. The highest BCUT2D eigenvalue weighted by Crippen LogP contribution is 2.24. The van der Waals surface area contributed by atoms with Gasteiger partial charge >= 0.3 is 5.97 Å². The minimum Gasteiger partial charge on any atom is -0.462 e. The van der Waals surface area contributed by atoms with Gasteiger partial charge in [-0.15, -0.1) is 11.3 Å². The van der Waals surface area contributed by atoms with Gasteiger partial charge in [0.1, 0.15) is 4.83 Å². The summed E-state index contributed by atoms with van der Waals surface area (Å²) < 4.78 is 4.92. The Morgan fingerprint density at radius 3 is 3.13 bits per heavy atom. The van der Waals surface area contributed by atoms with E-state index in [1.807, 2.05) is 18.4 Å². The molecular formula is C11H11NO2S. The van der Waals surface area contributed by atoms with E-state index in [0.29, 0.717) is 12.2 Å². The fourth-order valence-corrected chi connectivity index (χ4v) is 2.24. The van der Waals surface area contributed by atoms with Crippen LogP contribution in [0.15, 0.2) is 17.6 Å². The smallest absolute Gasteiger partial charge is 0.339 e. The molecule has 0 bridgehead atoms. The van der Waals surface area contributed by atoms with Crippen LogP contribution < -0.4 is 0 Å². The molecule has 2 aromatic heterocycles. The van der Waals surface area contributed by atoms with E-state index in [1.54, 1.807) is 24.5 Å². The van der Waals surface area contributed by atoms with Crippen LogP contribution in [0.4, 0.5) is 0 Å². The fourth-order valence-electron chi connectivity index (χ4n) is 1.36. The summed E-state index contributed by atoms with van der Waals surface area (Å²) in [7, 11) is 0. The molecule has 2 aromatic rings. The number of hydrogen-bond donors (Lipinski definition) is 0. The monoisotopic (exact) mass is 221 g/mol. The van der Waals surface area contributed by atoms with Crippen LogP contribution in [-0.2, 0) is 4.74 Å². The minimum absolute atomic E-state index is 0.308. The van der Waals surface area contributed by atoms with Gasteiger partial charge in [-0.25, -0.2) is 9.78 Å². The first-order chi connectivity index (χ1) is 7.22. The fraction of sp³-hybridized carbons (Fsp3) is 0.273. The third-order valence-electron chi connectivity index (χ3n) is 2.13. The molecule has 0 unspecified atom stereocenters. The van der Waals surface area contributed by atoms with Crippen molar-refractivity contribution < 1.29 is 9.53 Å². The van der Waals surface area contributed by atoms with Gasteiger partial charge in [-0.1, -0.05) is 0 Å². The third kappa shape index (κ3) is 1.85. The van der Waals surface area contributed by atoms with E-state index in [9.17, 15) is 4.79 Å². The molecule has 0 amide bonds. The number of rotatable bonds is 2. The lowest BCUT2D eigenvalue weighted by molar-refractivity contribution is 0.0526. The first-order valence-corrected chi connectivity index (χ1v) is 5.61. The summed E-state index contributed by atoms with van der Waals surface area (Å²) in [4.78, 5) is 16.6. The summed E-state index contributed by atoms with van der Waals surface area (Å²) >= 11 is 1.58. The van der Waals surface area contributed by atoms with Crippen molar-refractivity contribution in [3.05, 3.63) is 28.8 Å². The molecule has 3 nitrogen and oxygen atoms in total. The van der Waals surface area contributed by atoms with Crippen molar-refractivity contribution in [2.45, 2.75) is 13.8 Å². The van der Waals surface area contributed by atoms with E-state index in [0.717, 1.165) is 15.8 Å². The zero-order chi connectivity index (χ0) is 10.8. The molecule has 0 atom stereocenters. The Hall–Kier alpha value is -1.42. The molecular weight excluding hydrogens is 210 g/mol. The molecule has 78 valence electrons. The number of esters is 1. The van der Waals surface area contributed by atoms with Gasteiger partial charge in [0.2, 0.25) is 0 Å². The van der Waals surface area contributed by atoms with Crippen LogP contribution in [0.2, 0.25) is 0 Å². The van der Waals surface area contributed by atoms with Gasteiger partial charge in [0.05, 0.1) is 12.2 Å². The molecule has 0 fully saturated rings. The number of nitrogens with zero attached hydrogens (tertiary/aromatic N) is 1. The average Bonchev–Trinajstić information content (AvgIpc) is 2.60. The van der Waals surface area contributed by atoms with Gasteiger partial charge in [0, 0.05) is 11.6 Å². The maximum Gasteiger partial charge on any atom is 0.339 e. The molecule has 0 spiro atoms. The van der Waals surface area contributed by atoms with Crippen LogP contribution in [0.1, 0.15) is 22.8 Å². The van der Waals surface area contributed by atoms with E-state index < -0.39 is 0 Å². The molecule has 0 aliphatic carbocycles. The third-order valence-corrected chi connectivity index (χ3v) is 3.15. The number of pyridine rings is 1. The summed E-state index contributed by atoms with van der Waals surface area (Å²) in [6.45, 7) is 4.19. The van der Waals surface area contributed by atoms with Gasteiger partial charge in [-0.05, 0) is 30.9 Å². The van der Waals surface area contributed by atoms with E-state index in [1.165, 1.54) is 0 Å². The van der Waals surface area contributed by atoms with Crippen molar-refractivity contribution in [1.82, 2.24) is 4.98 Å². The number of thiophene rings is 1. The lowest BCUT2D eigenvalue weighted by Gasteiger charge is -2.01. The molecule has 0 N–H and O–H groups in total. The molecule has 0 saturated carbocycles. The van der Waals surface area contributed by atoms with Crippen LogP contribution in [0.3, 0.4) is 0 Å². The second-order valence-electron chi connectivity index (χ2n) is 3.22. The highest BCUT2D eigenvalue weighted by Gasteiger charge is 2.09. The summed E-state index contributed by atoms with van der Waals surface area (Å²) in [5.74, 6) is -0.308. The highest BCUT2D eigenvalue weighted by molar-refractivity contribution is 7.16. The Morgan fingerprint density at radius 1 is 1.60 bits per heavy atom. The molecule has 0 radical (unpaired) electrons. The van der Waals surface area contributed by atoms with Crippen molar-refractivity contribution in [2.24, 2.45) is 0 Å². The summed E-state index contributed by atoms with van der Waals surface area (Å²) in [6, 6.07) is 1.84. The maximum atomic E-state index is 11.5. The molecule has 0 aromatic carbocycles. The number of ether oxygens (including phenoxy) is 1. The predicted octanol–water partition coefficient (Wildman–Crippen LogP) is 2.78. The first-order valence-electron chi connectivity index (χ1n) is 4.73. The molecule has 0 aliphatic heterocycles. The standard InChI is InChI=1S/C11H11NO2S/c1-3-14-11(13)8-4-9-7(2)6-15-10(9)12-5-8/h4-6H,3H2,1-2H3. The number of aromatic nitrogens is 1. The van der Waals surface area contributed by atoms with Gasteiger partial charge < -0.3 is 4.74 Å². The second kappa shape index (κ2) is 3.98. The lowest BCUT2D eigenvalue weighted by Crippen LogP contribution is -2.04. The minimum atomic E-state index is -0.308. The predicted molar refractivity (Wildman–Crippen MR) is 60.3 cm³/mol. The average molecular weight is 221 g/mol. The number of hydrogen-bond acceptors (Lipinski definition) is 4. The van der Waals surface area contributed by atoms with Crippen LogP contribution in [-0.4, -0.2) is 17.6 Å². The molecule has 0 saturated heterocycles. The van der Waals surface area contributed by atoms with Crippen LogP contribution in [0.25, 0.3) is 10.2 Å². The largest absolute Gasteiger partial charge is 0.462 e. The number of fused-ring (bicyclic) bond motifs is 1. The number of aryl methyl sites for hydroxylation is 1. The van der Waals surface area contributed by atoms with Crippen molar-refractivity contribution in [3.63, 3.8) is 0 Å². The van der Waals surface area contributed by atoms with E-state index in [-0.39, 0.29) is 5.97 Å². The van der Waals surface area contributed by atoms with E-state index in [4.69, 9.17) is 4.74 Å². The summed E-state index contributed by atoms with van der Waals surface area (Å²) in [5.41, 5.74) is 1.67. The Kier molecular flexibility index (Phi) is 2.68. The van der Waals surface area contributed by atoms with Crippen molar-refractivity contribution in [2.75, 3.05) is 6.61 Å². The molecule has 15 heavy (non-hydrogen) atoms. The quantitative estimate of drug-likeness (QED) is 0.732. The SMILES string of the molecule is CCOC(=O)c1cnc2scc(C)c2c1. The second-order valence-corrected chi connectivity index (χ2v) is 4.07. The van der Waals surface area contributed by atoms with Crippen molar-refractivity contribution in [3.8, 4) is 0 Å². The van der Waals surface area contributed by atoms with Gasteiger partial charge in [-0.2, -0.15) is 0 Å². The van der Waals surface area contributed by atoms with Crippen molar-refractivity contribution in [1.29, 1.82) is 0 Å². The maximum absolute atomic E-state index is 11.5. The molecule has 4 heteroatoms. The van der Waals surface area contributed by atoms with Gasteiger partial charge in [-0.3, -0.25) is 0 Å². The Morgan fingerprint density at radius 2 is 2.40 bits per heavy atom. The summed E-state index contributed by atoms with van der Waals surface area (Å²) in [5, 5.41) is 3.07. The van der Waals surface area contributed by atoms with Gasteiger partial charge in [0.25, 0.3) is 0 Å².